The van der Waals surface area contributed by atoms with E-state index < -0.39 is 0 Å². The highest BCUT2D eigenvalue weighted by atomic mass is 16.5. The van der Waals surface area contributed by atoms with Crippen LogP contribution >= 0.6 is 0 Å². The van der Waals surface area contributed by atoms with E-state index >= 15 is 0 Å². The smallest absolute Gasteiger partial charge is 0.196 e. The minimum atomic E-state index is 0.0282. The summed E-state index contributed by atoms with van der Waals surface area (Å²) in [5.74, 6) is 1.34. The monoisotopic (exact) mass is 321 g/mol. The number of hydrogen-bond donors (Lipinski definition) is 0. The molecule has 24 heavy (non-hydrogen) atoms. The summed E-state index contributed by atoms with van der Waals surface area (Å²) in [6.45, 7) is 0. The molecule has 3 rings (SSSR count). The molecule has 0 bridgehead atoms. The summed E-state index contributed by atoms with van der Waals surface area (Å²) in [5, 5.41) is 0.717. The van der Waals surface area contributed by atoms with Crippen molar-refractivity contribution >= 4 is 23.1 Å². The van der Waals surface area contributed by atoms with Gasteiger partial charge in [0.2, 0.25) is 0 Å². The summed E-state index contributed by atoms with van der Waals surface area (Å²) in [6.07, 6.45) is 5.57. The highest BCUT2D eigenvalue weighted by molar-refractivity contribution is 5.82. The Bertz CT molecular complexity index is 970. The summed E-state index contributed by atoms with van der Waals surface area (Å²) in [6, 6.07) is 13.2. The normalized spacial score (nSPS) is 11.1. The largest absolute Gasteiger partial charge is 0.493 e. The van der Waals surface area contributed by atoms with Crippen LogP contribution in [0.25, 0.3) is 23.1 Å². The van der Waals surface area contributed by atoms with E-state index in [-0.39, 0.29) is 5.43 Å². The molecule has 4 nitrogen and oxygen atoms in total. The van der Waals surface area contributed by atoms with Gasteiger partial charge in [0.15, 0.2) is 16.9 Å². The average Bonchev–Trinajstić information content (AvgIpc) is 2.63. The van der Waals surface area contributed by atoms with Crippen molar-refractivity contribution in [3.8, 4) is 11.5 Å². The summed E-state index contributed by atoms with van der Waals surface area (Å²) < 4.78 is 12.5. The fraction of sp³-hybridized carbons (Fsp3) is 0.150. The van der Waals surface area contributed by atoms with Gasteiger partial charge in [-0.3, -0.25) is 4.79 Å². The minimum Gasteiger partial charge on any atom is -0.493 e. The fourth-order valence-electron chi connectivity index (χ4n) is 2.73. The number of rotatable bonds is 4. The molecule has 0 fully saturated rings. The van der Waals surface area contributed by atoms with Crippen molar-refractivity contribution in [2.24, 2.45) is 7.05 Å². The molecular formula is C20H19NO3. The lowest BCUT2D eigenvalue weighted by atomic mass is 10.1. The van der Waals surface area contributed by atoms with Gasteiger partial charge in [-0.25, -0.2) is 0 Å². The van der Waals surface area contributed by atoms with Gasteiger partial charge in [-0.05, 0) is 35.9 Å². The lowest BCUT2D eigenvalue weighted by molar-refractivity contribution is 0.355. The molecule has 1 heterocycles. The van der Waals surface area contributed by atoms with Gasteiger partial charge in [0.25, 0.3) is 0 Å². The second-order valence-corrected chi connectivity index (χ2v) is 5.49. The third-order valence-corrected chi connectivity index (χ3v) is 3.99. The van der Waals surface area contributed by atoms with Crippen LogP contribution in [0.15, 0.2) is 53.5 Å². The maximum atomic E-state index is 12.6. The minimum absolute atomic E-state index is 0.0282. The molecule has 0 saturated heterocycles. The molecule has 2 aromatic carbocycles. The molecule has 0 aliphatic heterocycles. The molecule has 3 aromatic rings. The SMILES string of the molecule is COc1ccc(/C=C/c2cn(C)c3ccccc3c2=O)cc1OC. The molecule has 0 saturated carbocycles. The third kappa shape index (κ3) is 2.91. The van der Waals surface area contributed by atoms with Crippen molar-refractivity contribution in [1.29, 1.82) is 0 Å². The number of aryl methyl sites for hydroxylation is 1. The van der Waals surface area contributed by atoms with E-state index in [4.69, 9.17) is 9.47 Å². The first-order valence-corrected chi connectivity index (χ1v) is 7.62. The lowest BCUT2D eigenvalue weighted by Crippen LogP contribution is -2.10. The van der Waals surface area contributed by atoms with Crippen molar-refractivity contribution in [1.82, 2.24) is 4.57 Å². The Balaban J connectivity index is 2.02. The Morgan fingerprint density at radius 2 is 1.71 bits per heavy atom. The van der Waals surface area contributed by atoms with Crippen LogP contribution in [0.2, 0.25) is 0 Å². The predicted octanol–water partition coefficient (Wildman–Crippen LogP) is 3.73. The van der Waals surface area contributed by atoms with Gasteiger partial charge in [0.1, 0.15) is 0 Å². The van der Waals surface area contributed by atoms with Gasteiger partial charge in [0.05, 0.1) is 19.7 Å². The Morgan fingerprint density at radius 1 is 0.958 bits per heavy atom. The maximum Gasteiger partial charge on any atom is 0.196 e. The highest BCUT2D eigenvalue weighted by Crippen LogP contribution is 2.28. The molecule has 0 radical (unpaired) electrons. The second-order valence-electron chi connectivity index (χ2n) is 5.49. The topological polar surface area (TPSA) is 40.5 Å². The Kier molecular flexibility index (Phi) is 4.38. The van der Waals surface area contributed by atoms with Gasteiger partial charge >= 0.3 is 0 Å². The number of methoxy groups -OCH3 is 2. The third-order valence-electron chi connectivity index (χ3n) is 3.99. The Hall–Kier alpha value is -3.01. The van der Waals surface area contributed by atoms with E-state index in [0.29, 0.717) is 17.1 Å². The number of aromatic nitrogens is 1. The first-order valence-electron chi connectivity index (χ1n) is 7.62. The number of para-hydroxylation sites is 1. The van der Waals surface area contributed by atoms with Crippen molar-refractivity contribution in [3.05, 3.63) is 70.0 Å². The van der Waals surface area contributed by atoms with E-state index in [1.54, 1.807) is 14.2 Å². The van der Waals surface area contributed by atoms with Crippen LogP contribution in [0.1, 0.15) is 11.1 Å². The number of benzene rings is 2. The van der Waals surface area contributed by atoms with Crippen LogP contribution in [-0.2, 0) is 7.05 Å². The number of ether oxygens (including phenoxy) is 2. The van der Waals surface area contributed by atoms with E-state index in [1.165, 1.54) is 0 Å². The molecule has 0 unspecified atom stereocenters. The number of hydrogen-bond acceptors (Lipinski definition) is 3. The lowest BCUT2D eigenvalue weighted by Gasteiger charge is -2.08. The van der Waals surface area contributed by atoms with E-state index in [2.05, 4.69) is 0 Å². The standard InChI is InChI=1S/C20H19NO3/c1-21-13-15(20(22)16-6-4-5-7-17(16)21)10-8-14-9-11-18(23-2)19(12-14)24-3/h4-13H,1-3H3/b10-8+. The molecule has 0 spiro atoms. The van der Waals surface area contributed by atoms with Gasteiger partial charge < -0.3 is 14.0 Å². The molecule has 122 valence electrons. The van der Waals surface area contributed by atoms with Crippen molar-refractivity contribution in [2.75, 3.05) is 14.2 Å². The van der Waals surface area contributed by atoms with Crippen LogP contribution in [0.4, 0.5) is 0 Å². The summed E-state index contributed by atoms with van der Waals surface area (Å²) in [4.78, 5) is 12.6. The zero-order chi connectivity index (χ0) is 17.1. The van der Waals surface area contributed by atoms with Crippen LogP contribution < -0.4 is 14.9 Å². The van der Waals surface area contributed by atoms with Crippen LogP contribution in [0.3, 0.4) is 0 Å². The summed E-state index contributed by atoms with van der Waals surface area (Å²) in [5.41, 5.74) is 2.53. The molecule has 0 atom stereocenters. The molecule has 0 N–H and O–H groups in total. The maximum absolute atomic E-state index is 12.6. The Labute approximate surface area is 140 Å². The van der Waals surface area contributed by atoms with Crippen LogP contribution in [0.5, 0.6) is 11.5 Å². The van der Waals surface area contributed by atoms with Gasteiger partial charge in [-0.2, -0.15) is 0 Å². The molecule has 0 aliphatic rings. The van der Waals surface area contributed by atoms with E-state index in [9.17, 15) is 4.79 Å². The zero-order valence-electron chi connectivity index (χ0n) is 13.9. The van der Waals surface area contributed by atoms with E-state index in [0.717, 1.165) is 16.5 Å². The van der Waals surface area contributed by atoms with Crippen LogP contribution in [0, 0.1) is 0 Å². The predicted molar refractivity (Wildman–Crippen MR) is 97.7 cm³/mol. The van der Waals surface area contributed by atoms with Crippen molar-refractivity contribution in [2.45, 2.75) is 0 Å². The molecule has 0 aliphatic carbocycles. The second kappa shape index (κ2) is 6.62. The van der Waals surface area contributed by atoms with Gasteiger partial charge in [-0.1, -0.05) is 24.3 Å². The Morgan fingerprint density at radius 3 is 2.46 bits per heavy atom. The van der Waals surface area contributed by atoms with Gasteiger partial charge in [-0.15, -0.1) is 0 Å². The molecule has 4 heteroatoms. The van der Waals surface area contributed by atoms with Crippen molar-refractivity contribution in [3.63, 3.8) is 0 Å². The summed E-state index contributed by atoms with van der Waals surface area (Å²) in [7, 11) is 5.14. The quantitative estimate of drug-likeness (QED) is 0.735. The molecule has 0 amide bonds. The van der Waals surface area contributed by atoms with E-state index in [1.807, 2.05) is 72.4 Å². The first-order chi connectivity index (χ1) is 11.6. The molecular weight excluding hydrogens is 302 g/mol. The van der Waals surface area contributed by atoms with Crippen LogP contribution in [-0.4, -0.2) is 18.8 Å². The number of nitrogens with zero attached hydrogens (tertiary/aromatic N) is 1. The zero-order valence-corrected chi connectivity index (χ0v) is 13.9. The van der Waals surface area contributed by atoms with Crippen molar-refractivity contribution < 1.29 is 9.47 Å². The molecule has 1 aromatic heterocycles. The fourth-order valence-corrected chi connectivity index (χ4v) is 2.73. The highest BCUT2D eigenvalue weighted by Gasteiger charge is 2.05. The summed E-state index contributed by atoms with van der Waals surface area (Å²) >= 11 is 0. The average molecular weight is 321 g/mol. The number of pyridine rings is 1. The number of fused-ring (bicyclic) bond motifs is 1. The first kappa shape index (κ1) is 15.9. The van der Waals surface area contributed by atoms with Gasteiger partial charge in [0, 0.05) is 24.2 Å².